The first-order chi connectivity index (χ1) is 9.43. The molecule has 0 aliphatic carbocycles. The third kappa shape index (κ3) is 2.71. The minimum Gasteiger partial charge on any atom is -0.480 e. The predicted molar refractivity (Wildman–Crippen MR) is 72.4 cm³/mol. The lowest BCUT2D eigenvalue weighted by Crippen LogP contribution is -2.50. The number of hydrogen-bond donors (Lipinski definition) is 1. The van der Waals surface area contributed by atoms with Gasteiger partial charge in [-0.2, -0.15) is 0 Å². The number of carbonyl (C=O) groups excluding carboxylic acids is 1. The van der Waals surface area contributed by atoms with Crippen LogP contribution in [-0.2, 0) is 9.59 Å². The van der Waals surface area contributed by atoms with Gasteiger partial charge in [0.15, 0.2) is 0 Å². The molecule has 106 valence electrons. The van der Waals surface area contributed by atoms with Crippen LogP contribution in [-0.4, -0.2) is 34.0 Å². The van der Waals surface area contributed by atoms with E-state index in [2.05, 4.69) is 0 Å². The molecule has 1 aromatic carbocycles. The number of carboxylic acids is 1. The molecule has 1 heterocycles. The van der Waals surface area contributed by atoms with Crippen molar-refractivity contribution in [2.75, 3.05) is 6.54 Å². The molecule has 1 fully saturated rings. The Morgan fingerprint density at radius 2 is 2.00 bits per heavy atom. The Balaban J connectivity index is 2.12. The van der Waals surface area contributed by atoms with Crippen LogP contribution in [0.5, 0.6) is 0 Å². The third-order valence-electron chi connectivity index (χ3n) is 3.66. The van der Waals surface area contributed by atoms with Gasteiger partial charge in [0.1, 0.15) is 11.4 Å². The molecule has 0 spiro atoms. The summed E-state index contributed by atoms with van der Waals surface area (Å²) in [5.41, 5.74) is -0.444. The largest absolute Gasteiger partial charge is 0.480 e. The number of halogens is 1. The average molecular weight is 277 g/mol. The van der Waals surface area contributed by atoms with E-state index in [1.165, 1.54) is 23.1 Å². The van der Waals surface area contributed by atoms with E-state index >= 15 is 0 Å². The van der Waals surface area contributed by atoms with Gasteiger partial charge in [-0.3, -0.25) is 4.79 Å². The van der Waals surface area contributed by atoms with E-state index in [9.17, 15) is 19.1 Å². The van der Waals surface area contributed by atoms with Crippen LogP contribution in [0.1, 0.15) is 25.3 Å². The van der Waals surface area contributed by atoms with E-state index < -0.39 is 11.5 Å². The van der Waals surface area contributed by atoms with Crippen molar-refractivity contribution in [1.82, 2.24) is 4.90 Å². The molecule has 1 atom stereocenters. The van der Waals surface area contributed by atoms with Crippen LogP contribution < -0.4 is 0 Å². The normalized spacial score (nSPS) is 22.4. The Kier molecular flexibility index (Phi) is 3.88. The molecule has 5 heteroatoms. The number of hydrogen-bond acceptors (Lipinski definition) is 2. The fraction of sp³-hybridized carbons (Fsp3) is 0.333. The second kappa shape index (κ2) is 5.45. The van der Waals surface area contributed by atoms with Crippen LogP contribution in [0.4, 0.5) is 4.39 Å². The van der Waals surface area contributed by atoms with Gasteiger partial charge < -0.3 is 10.0 Å². The topological polar surface area (TPSA) is 57.6 Å². The zero-order valence-corrected chi connectivity index (χ0v) is 11.2. The number of benzene rings is 1. The summed E-state index contributed by atoms with van der Waals surface area (Å²) in [5.74, 6) is -1.67. The summed E-state index contributed by atoms with van der Waals surface area (Å²) in [4.78, 5) is 24.8. The highest BCUT2D eigenvalue weighted by atomic mass is 19.1. The summed E-state index contributed by atoms with van der Waals surface area (Å²) in [6.45, 7) is 2.00. The van der Waals surface area contributed by atoms with E-state index in [0.29, 0.717) is 24.9 Å². The van der Waals surface area contributed by atoms with Gasteiger partial charge in [-0.15, -0.1) is 0 Å². The maximum absolute atomic E-state index is 12.8. The molecule has 2 rings (SSSR count). The highest BCUT2D eigenvalue weighted by molar-refractivity contribution is 5.96. The summed E-state index contributed by atoms with van der Waals surface area (Å²) in [6, 6.07) is 5.72. The summed E-state index contributed by atoms with van der Waals surface area (Å²) in [6.07, 6.45) is 4.03. The first kappa shape index (κ1) is 14.2. The predicted octanol–water partition coefficient (Wildman–Crippen LogP) is 2.30. The lowest BCUT2D eigenvalue weighted by molar-refractivity contribution is -0.153. The highest BCUT2D eigenvalue weighted by Gasteiger charge is 2.45. The molecule has 0 aromatic heterocycles. The fourth-order valence-electron chi connectivity index (χ4n) is 2.37. The third-order valence-corrected chi connectivity index (χ3v) is 3.66. The van der Waals surface area contributed by atoms with E-state index in [-0.39, 0.29) is 11.7 Å². The molecular formula is C15H16FNO3. The Labute approximate surface area is 116 Å². The van der Waals surface area contributed by atoms with Gasteiger partial charge in [-0.05, 0) is 43.5 Å². The second-order valence-corrected chi connectivity index (χ2v) is 5.06. The molecule has 1 amide bonds. The summed E-state index contributed by atoms with van der Waals surface area (Å²) in [5, 5.41) is 9.25. The molecular weight excluding hydrogens is 261 g/mol. The van der Waals surface area contributed by atoms with E-state index in [1.54, 1.807) is 25.1 Å². The van der Waals surface area contributed by atoms with Gasteiger partial charge in [-0.1, -0.05) is 12.1 Å². The van der Waals surface area contributed by atoms with Crippen LogP contribution in [0.3, 0.4) is 0 Å². The van der Waals surface area contributed by atoms with Crippen molar-refractivity contribution < 1.29 is 19.1 Å². The SMILES string of the molecule is CC1(C(=O)O)CCCN1C(=O)C=Cc1ccc(F)cc1. The van der Waals surface area contributed by atoms with E-state index in [0.717, 1.165) is 0 Å². The summed E-state index contributed by atoms with van der Waals surface area (Å²) < 4.78 is 12.8. The van der Waals surface area contributed by atoms with Crippen molar-refractivity contribution in [2.45, 2.75) is 25.3 Å². The highest BCUT2D eigenvalue weighted by Crippen LogP contribution is 2.29. The van der Waals surface area contributed by atoms with Crippen molar-refractivity contribution in [3.8, 4) is 0 Å². The van der Waals surface area contributed by atoms with Crippen LogP contribution in [0, 0.1) is 5.82 Å². The standard InChI is InChI=1S/C15H16FNO3/c1-15(14(19)20)9-2-10-17(15)13(18)8-5-11-3-6-12(16)7-4-11/h3-8H,2,9-10H2,1H3,(H,19,20). The summed E-state index contributed by atoms with van der Waals surface area (Å²) >= 11 is 0. The van der Waals surface area contributed by atoms with Gasteiger partial charge in [0.2, 0.25) is 5.91 Å². The first-order valence-corrected chi connectivity index (χ1v) is 6.42. The number of aliphatic carboxylic acids is 1. The van der Waals surface area contributed by atoms with Gasteiger partial charge in [0.05, 0.1) is 0 Å². The Hall–Kier alpha value is -2.17. The molecule has 20 heavy (non-hydrogen) atoms. The number of likely N-dealkylation sites (tertiary alicyclic amines) is 1. The molecule has 1 aliphatic rings. The smallest absolute Gasteiger partial charge is 0.329 e. The Morgan fingerprint density at radius 3 is 2.60 bits per heavy atom. The lowest BCUT2D eigenvalue weighted by Gasteiger charge is -2.30. The number of nitrogens with zero attached hydrogens (tertiary/aromatic N) is 1. The summed E-state index contributed by atoms with van der Waals surface area (Å²) in [7, 11) is 0. The molecule has 1 aliphatic heterocycles. The van der Waals surface area contributed by atoms with Crippen LogP contribution in [0.25, 0.3) is 6.08 Å². The zero-order valence-electron chi connectivity index (χ0n) is 11.2. The van der Waals surface area contributed by atoms with Gasteiger partial charge >= 0.3 is 5.97 Å². The monoisotopic (exact) mass is 277 g/mol. The van der Waals surface area contributed by atoms with Crippen LogP contribution in [0.2, 0.25) is 0 Å². The van der Waals surface area contributed by atoms with Crippen molar-refractivity contribution in [3.63, 3.8) is 0 Å². The molecule has 1 unspecified atom stereocenters. The molecule has 4 nitrogen and oxygen atoms in total. The van der Waals surface area contributed by atoms with Crippen molar-refractivity contribution >= 4 is 18.0 Å². The van der Waals surface area contributed by atoms with Gasteiger partial charge in [0.25, 0.3) is 0 Å². The molecule has 1 N–H and O–H groups in total. The molecule has 0 radical (unpaired) electrons. The Bertz CT molecular complexity index is 553. The molecule has 0 bridgehead atoms. The van der Waals surface area contributed by atoms with Crippen molar-refractivity contribution in [1.29, 1.82) is 0 Å². The number of amides is 1. The van der Waals surface area contributed by atoms with E-state index in [1.807, 2.05) is 0 Å². The molecule has 1 saturated heterocycles. The molecule has 1 aromatic rings. The Morgan fingerprint density at radius 1 is 1.35 bits per heavy atom. The van der Waals surface area contributed by atoms with Gasteiger partial charge in [-0.25, -0.2) is 9.18 Å². The number of carbonyl (C=O) groups is 2. The second-order valence-electron chi connectivity index (χ2n) is 5.06. The molecule has 0 saturated carbocycles. The van der Waals surface area contributed by atoms with Gasteiger partial charge in [0, 0.05) is 12.6 Å². The number of rotatable bonds is 3. The fourth-order valence-corrected chi connectivity index (χ4v) is 2.37. The lowest BCUT2D eigenvalue weighted by atomic mass is 9.99. The maximum atomic E-state index is 12.8. The minimum atomic E-state index is -1.13. The maximum Gasteiger partial charge on any atom is 0.329 e. The quantitative estimate of drug-likeness (QED) is 0.862. The van der Waals surface area contributed by atoms with Crippen molar-refractivity contribution in [2.24, 2.45) is 0 Å². The average Bonchev–Trinajstić information content (AvgIpc) is 2.81. The first-order valence-electron chi connectivity index (χ1n) is 6.42. The van der Waals surface area contributed by atoms with Crippen LogP contribution in [0.15, 0.2) is 30.3 Å². The zero-order chi connectivity index (χ0) is 14.8. The number of carboxylic acid groups (broad SMARTS) is 1. The minimum absolute atomic E-state index is 0.336. The van der Waals surface area contributed by atoms with Crippen molar-refractivity contribution in [3.05, 3.63) is 41.7 Å². The van der Waals surface area contributed by atoms with E-state index in [4.69, 9.17) is 0 Å². The van der Waals surface area contributed by atoms with Crippen LogP contribution >= 0.6 is 0 Å².